The second-order valence-corrected chi connectivity index (χ2v) is 10.4. The predicted octanol–water partition coefficient (Wildman–Crippen LogP) is 3.70. The number of anilines is 1. The summed E-state index contributed by atoms with van der Waals surface area (Å²) in [5.41, 5.74) is 0.847. The highest BCUT2D eigenvalue weighted by Gasteiger charge is 2.37. The van der Waals surface area contributed by atoms with E-state index in [-0.39, 0.29) is 10.8 Å². The molecule has 3 aromatic rings. The largest absolute Gasteiger partial charge is 0.281 e. The normalized spacial score (nSPS) is 15.8. The van der Waals surface area contributed by atoms with E-state index in [2.05, 4.69) is 19.8 Å². The van der Waals surface area contributed by atoms with Gasteiger partial charge in [0.05, 0.1) is 10.8 Å². The maximum atomic E-state index is 12.8. The number of nitrogens with zero attached hydrogens (tertiary/aromatic N) is 4. The Kier molecular flexibility index (Phi) is 6.96. The number of hydrogen-bond donors (Lipinski definition) is 1. The molecule has 2 aromatic carbocycles. The summed E-state index contributed by atoms with van der Waals surface area (Å²) in [5.74, 6) is -1.16. The lowest BCUT2D eigenvalue weighted by molar-refractivity contribution is -0.128. The van der Waals surface area contributed by atoms with Crippen LogP contribution in [0.3, 0.4) is 0 Å². The molecule has 174 valence electrons. The van der Waals surface area contributed by atoms with Crippen LogP contribution in [-0.2, 0) is 14.8 Å². The van der Waals surface area contributed by atoms with Crippen molar-refractivity contribution in [3.63, 3.8) is 0 Å². The second-order valence-electron chi connectivity index (χ2n) is 7.22. The molecule has 12 heteroatoms. The van der Waals surface area contributed by atoms with E-state index in [1.54, 1.807) is 49.4 Å². The summed E-state index contributed by atoms with van der Waals surface area (Å²) in [6.07, 6.45) is 2.87. The summed E-state index contributed by atoms with van der Waals surface area (Å²) in [5, 5.41) is 5.53. The second kappa shape index (κ2) is 9.92. The van der Waals surface area contributed by atoms with Gasteiger partial charge in [-0.05, 0) is 61.5 Å². The molecule has 2 amide bonds. The summed E-state index contributed by atoms with van der Waals surface area (Å²) in [6, 6.07) is 14.0. The van der Waals surface area contributed by atoms with Gasteiger partial charge in [-0.3, -0.25) is 9.59 Å². The first-order valence-corrected chi connectivity index (χ1v) is 12.8. The molecule has 4 rings (SSSR count). The van der Waals surface area contributed by atoms with Gasteiger partial charge in [0.1, 0.15) is 0 Å². The van der Waals surface area contributed by atoms with Gasteiger partial charge in [-0.15, -0.1) is 11.8 Å². The molecule has 0 bridgehead atoms. The smallest absolute Gasteiger partial charge is 0.272 e. The quantitative estimate of drug-likeness (QED) is 0.376. The lowest BCUT2D eigenvalue weighted by atomic mass is 10.1. The van der Waals surface area contributed by atoms with Crippen molar-refractivity contribution in [3.05, 3.63) is 77.6 Å². The Morgan fingerprint density at radius 3 is 2.38 bits per heavy atom. The Morgan fingerprint density at radius 1 is 1.09 bits per heavy atom. The Morgan fingerprint density at radius 2 is 1.74 bits per heavy atom. The minimum Gasteiger partial charge on any atom is -0.272 e. The first kappa shape index (κ1) is 23.9. The number of sulfonamides is 1. The van der Waals surface area contributed by atoms with Crippen LogP contribution >= 0.6 is 23.4 Å². The van der Waals surface area contributed by atoms with E-state index < -0.39 is 27.8 Å². The van der Waals surface area contributed by atoms with Gasteiger partial charge in [0.15, 0.2) is 0 Å². The number of hydrogen-bond acceptors (Lipinski definition) is 8. The molecule has 0 fully saturated rings. The van der Waals surface area contributed by atoms with Gasteiger partial charge in [0.25, 0.3) is 21.8 Å². The van der Waals surface area contributed by atoms with E-state index in [1.165, 1.54) is 36.3 Å². The number of carbonyl (C=O) groups is 2. The van der Waals surface area contributed by atoms with E-state index in [4.69, 9.17) is 11.6 Å². The average molecular weight is 516 g/mol. The van der Waals surface area contributed by atoms with E-state index in [1.807, 2.05) is 0 Å². The lowest BCUT2D eigenvalue weighted by Gasteiger charge is -2.13. The van der Waals surface area contributed by atoms with E-state index in [0.717, 1.165) is 9.90 Å². The first-order chi connectivity index (χ1) is 16.2. The van der Waals surface area contributed by atoms with Gasteiger partial charge in [-0.1, -0.05) is 11.6 Å². The maximum Gasteiger partial charge on any atom is 0.281 e. The number of amides is 2. The Bertz CT molecular complexity index is 1350. The molecule has 0 spiro atoms. The van der Waals surface area contributed by atoms with E-state index in [0.29, 0.717) is 22.1 Å². The van der Waals surface area contributed by atoms with Gasteiger partial charge < -0.3 is 0 Å². The van der Waals surface area contributed by atoms with Crippen molar-refractivity contribution in [1.82, 2.24) is 15.0 Å². The molecular formula is C22H18ClN5O4S2. The highest BCUT2D eigenvalue weighted by molar-refractivity contribution is 7.99. The third kappa shape index (κ3) is 5.27. The number of benzene rings is 2. The molecule has 1 N–H and O–H groups in total. The summed E-state index contributed by atoms with van der Waals surface area (Å²) < 4.78 is 27.3. The molecule has 0 aliphatic carbocycles. The van der Waals surface area contributed by atoms with Crippen LogP contribution in [0.1, 0.15) is 17.3 Å². The molecule has 9 nitrogen and oxygen atoms in total. The molecule has 1 atom stereocenters. The molecule has 0 saturated heterocycles. The van der Waals surface area contributed by atoms with Crippen molar-refractivity contribution in [2.24, 2.45) is 11.0 Å². The summed E-state index contributed by atoms with van der Waals surface area (Å²) >= 11 is 7.22. The Balaban J connectivity index is 1.39. The highest BCUT2D eigenvalue weighted by atomic mass is 35.5. The number of imide groups is 1. The Hall–Kier alpha value is -3.28. The topological polar surface area (TPSA) is 122 Å². The number of hydrazone groups is 1. The van der Waals surface area contributed by atoms with Gasteiger partial charge in [-0.25, -0.2) is 23.1 Å². The number of rotatable bonds is 7. The Labute approximate surface area is 205 Å². The van der Waals surface area contributed by atoms with E-state index >= 15 is 0 Å². The molecule has 1 aliphatic rings. The number of nitrogens with one attached hydrogen (secondary N) is 1. The lowest BCUT2D eigenvalue weighted by Crippen LogP contribution is -2.33. The van der Waals surface area contributed by atoms with Crippen molar-refractivity contribution in [1.29, 1.82) is 0 Å². The fraction of sp³-hybridized carbons (Fsp3) is 0.136. The number of halogens is 1. The van der Waals surface area contributed by atoms with Crippen molar-refractivity contribution >= 4 is 56.9 Å². The van der Waals surface area contributed by atoms with Crippen molar-refractivity contribution in [3.8, 4) is 0 Å². The van der Waals surface area contributed by atoms with Crippen LogP contribution < -0.4 is 4.72 Å². The monoisotopic (exact) mass is 515 g/mol. The number of aromatic nitrogens is 2. The number of thioether (sulfide) groups is 1. The van der Waals surface area contributed by atoms with Crippen LogP contribution in [0, 0.1) is 5.92 Å². The van der Waals surface area contributed by atoms with Gasteiger partial charge >= 0.3 is 0 Å². The van der Waals surface area contributed by atoms with Crippen molar-refractivity contribution in [2.45, 2.75) is 16.7 Å². The van der Waals surface area contributed by atoms with Crippen LogP contribution in [-0.4, -0.2) is 46.7 Å². The van der Waals surface area contributed by atoms with Crippen LogP contribution in [0.25, 0.3) is 0 Å². The third-order valence-electron chi connectivity index (χ3n) is 4.89. The summed E-state index contributed by atoms with van der Waals surface area (Å²) in [4.78, 5) is 34.0. The van der Waals surface area contributed by atoms with Crippen molar-refractivity contribution < 1.29 is 18.0 Å². The predicted molar refractivity (Wildman–Crippen MR) is 129 cm³/mol. The number of carbonyl (C=O) groups excluding carboxylic acids is 2. The molecule has 0 saturated carbocycles. The average Bonchev–Trinajstić information content (AvgIpc) is 3.11. The summed E-state index contributed by atoms with van der Waals surface area (Å²) in [6.45, 7) is 1.70. The van der Waals surface area contributed by atoms with Crippen LogP contribution in [0.5, 0.6) is 0 Å². The molecule has 2 heterocycles. The fourth-order valence-corrected chi connectivity index (χ4v) is 5.24. The van der Waals surface area contributed by atoms with Crippen molar-refractivity contribution in [2.75, 3.05) is 10.5 Å². The summed E-state index contributed by atoms with van der Waals surface area (Å²) in [7, 11) is -3.83. The molecular weight excluding hydrogens is 498 g/mol. The third-order valence-corrected chi connectivity index (χ3v) is 7.60. The van der Waals surface area contributed by atoms with Crippen LogP contribution in [0.2, 0.25) is 5.02 Å². The van der Waals surface area contributed by atoms with E-state index in [9.17, 15) is 18.0 Å². The zero-order valence-electron chi connectivity index (χ0n) is 17.8. The fourth-order valence-electron chi connectivity index (χ4n) is 3.08. The molecule has 0 radical (unpaired) electrons. The molecule has 1 aromatic heterocycles. The van der Waals surface area contributed by atoms with Gasteiger partial charge in [0, 0.05) is 39.3 Å². The highest BCUT2D eigenvalue weighted by Crippen LogP contribution is 2.28. The van der Waals surface area contributed by atoms with Gasteiger partial charge in [-0.2, -0.15) is 10.1 Å². The molecule has 1 unspecified atom stereocenters. The maximum absolute atomic E-state index is 12.8. The standard InChI is InChI=1S/C22H18ClN5O4S2/c1-14-19(21(30)28(26-14)20(29)15-3-5-16(23)6-4-15)13-33-17-7-9-18(10-8-17)34(31,32)27-22-24-11-2-12-25-22/h2-12,19H,13H2,1H3,(H,24,25,27). The molecule has 1 aliphatic heterocycles. The minimum atomic E-state index is -3.83. The first-order valence-electron chi connectivity index (χ1n) is 9.96. The molecule has 34 heavy (non-hydrogen) atoms. The zero-order valence-corrected chi connectivity index (χ0v) is 20.1. The SMILES string of the molecule is CC1=NN(C(=O)c2ccc(Cl)cc2)C(=O)C1CSc1ccc(S(=O)(=O)Nc2ncccn2)cc1. The van der Waals surface area contributed by atoms with Gasteiger partial charge in [0.2, 0.25) is 5.95 Å². The van der Waals surface area contributed by atoms with Crippen LogP contribution in [0.15, 0.2) is 81.9 Å². The minimum absolute atomic E-state index is 0.0202. The van der Waals surface area contributed by atoms with Crippen LogP contribution in [0.4, 0.5) is 5.95 Å². The zero-order chi connectivity index (χ0) is 24.3.